The van der Waals surface area contributed by atoms with Gasteiger partial charge in [0.25, 0.3) is 0 Å². The van der Waals surface area contributed by atoms with Crippen LogP contribution in [0, 0.1) is 0 Å². The Hall–Kier alpha value is -2.25. The molecule has 1 nitrogen and oxygen atoms in total. The van der Waals surface area contributed by atoms with E-state index in [0.29, 0.717) is 0 Å². The molecular weight excluding hydrogens is 280 g/mol. The molecule has 108 valence electrons. The number of hydrogen-bond donors (Lipinski definition) is 0. The average Bonchev–Trinajstić information content (AvgIpc) is 2.59. The molecule has 0 atom stereocenters. The summed E-state index contributed by atoms with van der Waals surface area (Å²) in [5, 5.41) is 0.794. The van der Waals surface area contributed by atoms with Gasteiger partial charge in [0.2, 0.25) is 0 Å². The summed E-state index contributed by atoms with van der Waals surface area (Å²) in [5.41, 5.74) is 0. The highest BCUT2D eigenvalue weighted by Crippen LogP contribution is 2.05. The molecule has 3 rings (SSSR count). The first kappa shape index (κ1) is 16.8. The lowest BCUT2D eigenvalue weighted by Gasteiger charge is -1.93. The fourth-order valence-corrected chi connectivity index (χ4v) is 1.50. The van der Waals surface area contributed by atoms with Crippen molar-refractivity contribution in [1.29, 1.82) is 0 Å². The van der Waals surface area contributed by atoms with Gasteiger partial charge in [-0.25, -0.2) is 0 Å². The summed E-state index contributed by atoms with van der Waals surface area (Å²) in [4.78, 5) is 0. The van der Waals surface area contributed by atoms with E-state index in [9.17, 15) is 0 Å². The van der Waals surface area contributed by atoms with Crippen molar-refractivity contribution < 1.29 is 4.74 Å². The van der Waals surface area contributed by atoms with E-state index in [-0.39, 0.29) is 0 Å². The van der Waals surface area contributed by atoms with E-state index >= 15 is 0 Å². The van der Waals surface area contributed by atoms with Gasteiger partial charge in [-0.1, -0.05) is 84.4 Å². The van der Waals surface area contributed by atoms with Gasteiger partial charge in [-0.3, -0.25) is 0 Å². The third kappa shape index (κ3) is 9.31. The summed E-state index contributed by atoms with van der Waals surface area (Å²) in [6, 6.07) is 31.1. The molecule has 0 spiro atoms. The monoisotopic (exact) mass is 298 g/mol. The maximum absolute atomic E-state index is 5.54. The van der Waals surface area contributed by atoms with Crippen LogP contribution in [0.25, 0.3) is 0 Å². The number of halogens is 1. The predicted molar refractivity (Wildman–Crippen MR) is 90.9 cm³/mol. The van der Waals surface area contributed by atoms with Crippen LogP contribution in [-0.4, -0.2) is 7.11 Å². The molecule has 0 radical (unpaired) electrons. The van der Waals surface area contributed by atoms with Gasteiger partial charge in [-0.05, 0) is 24.3 Å². The van der Waals surface area contributed by atoms with Crippen LogP contribution in [-0.2, 0) is 0 Å². The normalized spacial score (nSPS) is 8.48. The molecule has 0 fully saturated rings. The van der Waals surface area contributed by atoms with Gasteiger partial charge in [-0.15, -0.1) is 0 Å². The number of hydrogen-bond acceptors (Lipinski definition) is 1. The largest absolute Gasteiger partial charge is 0.497 e. The smallest absolute Gasteiger partial charge is 0.118 e. The van der Waals surface area contributed by atoms with Crippen molar-refractivity contribution in [3.05, 3.63) is 102 Å². The van der Waals surface area contributed by atoms with E-state index in [0.717, 1.165) is 10.8 Å². The van der Waals surface area contributed by atoms with Crippen molar-refractivity contribution in [3.8, 4) is 5.75 Å². The molecular formula is C19H19ClO. The molecule has 0 heterocycles. The van der Waals surface area contributed by atoms with E-state index in [1.165, 1.54) is 0 Å². The zero-order chi connectivity index (χ0) is 15.2. The van der Waals surface area contributed by atoms with Crippen molar-refractivity contribution in [1.82, 2.24) is 0 Å². The van der Waals surface area contributed by atoms with Gasteiger partial charge in [-0.2, -0.15) is 0 Å². The molecule has 0 N–H and O–H groups in total. The highest BCUT2D eigenvalue weighted by molar-refractivity contribution is 6.30. The maximum Gasteiger partial charge on any atom is 0.118 e. The van der Waals surface area contributed by atoms with Gasteiger partial charge in [0.05, 0.1) is 7.11 Å². The first-order valence-electron chi connectivity index (χ1n) is 6.62. The molecule has 0 bridgehead atoms. The Kier molecular flexibility index (Phi) is 9.25. The van der Waals surface area contributed by atoms with Gasteiger partial charge in [0.15, 0.2) is 0 Å². The summed E-state index contributed by atoms with van der Waals surface area (Å²) in [5.74, 6) is 0.910. The van der Waals surface area contributed by atoms with Crippen LogP contribution >= 0.6 is 11.6 Å². The lowest BCUT2D eigenvalue weighted by molar-refractivity contribution is 0.415. The van der Waals surface area contributed by atoms with E-state index in [4.69, 9.17) is 16.3 Å². The van der Waals surface area contributed by atoms with Crippen LogP contribution in [0.3, 0.4) is 0 Å². The topological polar surface area (TPSA) is 9.23 Å². The summed E-state index contributed by atoms with van der Waals surface area (Å²) in [6.45, 7) is 0. The minimum absolute atomic E-state index is 0.794. The lowest BCUT2D eigenvalue weighted by atomic mass is 10.3. The SMILES string of the molecule is COc1ccccc1.Clc1ccccc1.c1ccccc1. The molecule has 2 heteroatoms. The predicted octanol–water partition coefficient (Wildman–Crippen LogP) is 5.72. The van der Waals surface area contributed by atoms with Crippen LogP contribution < -0.4 is 4.74 Å². The molecule has 3 aromatic rings. The first-order chi connectivity index (χ1) is 10.3. The van der Waals surface area contributed by atoms with Crippen molar-refractivity contribution in [3.63, 3.8) is 0 Å². The number of rotatable bonds is 1. The molecule has 0 aromatic heterocycles. The van der Waals surface area contributed by atoms with Crippen LogP contribution in [0.1, 0.15) is 0 Å². The van der Waals surface area contributed by atoms with Crippen LogP contribution in [0.5, 0.6) is 5.75 Å². The second kappa shape index (κ2) is 11.6. The Morgan fingerprint density at radius 1 is 0.571 bits per heavy atom. The highest BCUT2D eigenvalue weighted by Gasteiger charge is 1.80. The minimum atomic E-state index is 0.794. The molecule has 0 saturated heterocycles. The van der Waals surface area contributed by atoms with Crippen molar-refractivity contribution >= 4 is 11.6 Å². The van der Waals surface area contributed by atoms with Gasteiger partial charge < -0.3 is 4.74 Å². The fourth-order valence-electron chi connectivity index (χ4n) is 1.36. The van der Waals surface area contributed by atoms with Gasteiger partial charge >= 0.3 is 0 Å². The number of methoxy groups -OCH3 is 1. The molecule has 0 aliphatic carbocycles. The van der Waals surface area contributed by atoms with Crippen molar-refractivity contribution in [2.45, 2.75) is 0 Å². The Morgan fingerprint density at radius 3 is 1.14 bits per heavy atom. The molecule has 0 unspecified atom stereocenters. The average molecular weight is 299 g/mol. The zero-order valence-electron chi connectivity index (χ0n) is 12.0. The molecule has 21 heavy (non-hydrogen) atoms. The van der Waals surface area contributed by atoms with Crippen molar-refractivity contribution in [2.75, 3.05) is 7.11 Å². The Morgan fingerprint density at radius 2 is 0.905 bits per heavy atom. The number of ether oxygens (including phenoxy) is 1. The van der Waals surface area contributed by atoms with Crippen LogP contribution in [0.15, 0.2) is 97.1 Å². The van der Waals surface area contributed by atoms with Crippen LogP contribution in [0.2, 0.25) is 5.02 Å². The third-order valence-electron chi connectivity index (χ3n) is 2.38. The summed E-state index contributed by atoms with van der Waals surface area (Å²) >= 11 is 5.54. The number of para-hydroxylation sites is 1. The summed E-state index contributed by atoms with van der Waals surface area (Å²) in [7, 11) is 1.66. The first-order valence-corrected chi connectivity index (χ1v) is 7.00. The van der Waals surface area contributed by atoms with E-state index in [1.807, 2.05) is 97.1 Å². The second-order valence-corrected chi connectivity index (χ2v) is 4.40. The summed E-state index contributed by atoms with van der Waals surface area (Å²) < 4.78 is 4.91. The molecule has 0 amide bonds. The Balaban J connectivity index is 0.000000159. The second-order valence-electron chi connectivity index (χ2n) is 3.97. The fraction of sp³-hybridized carbons (Fsp3) is 0.0526. The molecule has 0 saturated carbocycles. The van der Waals surface area contributed by atoms with Gasteiger partial charge in [0, 0.05) is 5.02 Å². The Bertz CT molecular complexity index is 526. The molecule has 0 aliphatic heterocycles. The zero-order valence-corrected chi connectivity index (χ0v) is 12.8. The van der Waals surface area contributed by atoms with Crippen LogP contribution in [0.4, 0.5) is 0 Å². The summed E-state index contributed by atoms with van der Waals surface area (Å²) in [6.07, 6.45) is 0. The molecule has 0 aliphatic rings. The Labute approximate surface area is 131 Å². The lowest BCUT2D eigenvalue weighted by Crippen LogP contribution is -1.78. The van der Waals surface area contributed by atoms with Gasteiger partial charge in [0.1, 0.15) is 5.75 Å². The molecule has 3 aromatic carbocycles. The van der Waals surface area contributed by atoms with Crippen molar-refractivity contribution in [2.24, 2.45) is 0 Å². The minimum Gasteiger partial charge on any atom is -0.497 e. The standard InChI is InChI=1S/C7H8O.C6H5Cl.C6H6/c1-8-7-5-3-2-4-6-7;7-6-4-2-1-3-5-6;1-2-4-6-5-3-1/h2-6H,1H3;1-5H;1-6H. The van der Waals surface area contributed by atoms with E-state index < -0.39 is 0 Å². The number of benzene rings is 3. The quantitative estimate of drug-likeness (QED) is 0.558. The van der Waals surface area contributed by atoms with E-state index in [2.05, 4.69) is 0 Å². The highest BCUT2D eigenvalue weighted by atomic mass is 35.5. The van der Waals surface area contributed by atoms with E-state index in [1.54, 1.807) is 7.11 Å². The third-order valence-corrected chi connectivity index (χ3v) is 2.63. The maximum atomic E-state index is 5.54.